The van der Waals surface area contributed by atoms with Gasteiger partial charge in [0, 0.05) is 11.5 Å². The van der Waals surface area contributed by atoms with Crippen LogP contribution in [0.5, 0.6) is 5.75 Å². The molecule has 0 bridgehead atoms. The molecule has 0 saturated heterocycles. The second kappa shape index (κ2) is 8.14. The summed E-state index contributed by atoms with van der Waals surface area (Å²) in [7, 11) is 1.69. The van der Waals surface area contributed by atoms with Gasteiger partial charge in [0.05, 0.1) is 23.8 Å². The molecule has 0 aliphatic rings. The highest BCUT2D eigenvalue weighted by atomic mass is 79.9. The van der Waals surface area contributed by atoms with Gasteiger partial charge in [0.15, 0.2) is 0 Å². The van der Waals surface area contributed by atoms with Crippen LogP contribution in [0.15, 0.2) is 64.1 Å². The molecule has 2 aromatic carbocycles. The molecule has 0 unspecified atom stereocenters. The van der Waals surface area contributed by atoms with Crippen molar-refractivity contribution in [1.29, 1.82) is 0 Å². The van der Waals surface area contributed by atoms with Gasteiger partial charge in [-0.1, -0.05) is 34.1 Å². The molecule has 3 aromatic rings. The lowest BCUT2D eigenvalue weighted by Crippen LogP contribution is -2.36. The van der Waals surface area contributed by atoms with E-state index in [1.54, 1.807) is 24.1 Å². The fraction of sp³-hybridized carbons (Fsp3) is 0.211. The van der Waals surface area contributed by atoms with E-state index in [2.05, 4.69) is 20.9 Å². The Morgan fingerprint density at radius 2 is 2.00 bits per heavy atom. The van der Waals surface area contributed by atoms with Gasteiger partial charge in [-0.05, 0) is 30.3 Å². The fourth-order valence-corrected chi connectivity index (χ4v) is 2.81. The van der Waals surface area contributed by atoms with E-state index < -0.39 is 0 Å². The molecular weight excluding hydrogens is 398 g/mol. The summed E-state index contributed by atoms with van der Waals surface area (Å²) in [5.41, 5.74) is 0.366. The van der Waals surface area contributed by atoms with E-state index in [4.69, 9.17) is 4.74 Å². The van der Waals surface area contributed by atoms with Crippen LogP contribution in [0.4, 0.5) is 0 Å². The average Bonchev–Trinajstić information content (AvgIpc) is 2.65. The minimum Gasteiger partial charge on any atom is -0.492 e. The maximum absolute atomic E-state index is 12.5. The fourth-order valence-electron chi connectivity index (χ4n) is 2.45. The van der Waals surface area contributed by atoms with E-state index in [0.29, 0.717) is 24.1 Å². The summed E-state index contributed by atoms with van der Waals surface area (Å²) in [6.45, 7) is 0.745. The molecule has 1 heterocycles. The standard InChI is InChI=1S/C19H18BrN3O3/c1-22(9-10-26-15-5-3-2-4-6-15)18(24)12-23-13-21-17-8-7-14(20)11-16(17)19(23)25/h2-8,11,13H,9-10,12H2,1H3. The first-order chi connectivity index (χ1) is 12.5. The van der Waals surface area contributed by atoms with Gasteiger partial charge in [-0.25, -0.2) is 4.98 Å². The van der Waals surface area contributed by atoms with E-state index in [-0.39, 0.29) is 18.0 Å². The summed E-state index contributed by atoms with van der Waals surface area (Å²) in [6.07, 6.45) is 1.41. The zero-order chi connectivity index (χ0) is 18.5. The number of hydrogen-bond acceptors (Lipinski definition) is 4. The molecule has 7 heteroatoms. The van der Waals surface area contributed by atoms with Gasteiger partial charge in [0.25, 0.3) is 5.56 Å². The second-order valence-electron chi connectivity index (χ2n) is 5.82. The number of fused-ring (bicyclic) bond motifs is 1. The molecule has 0 aliphatic heterocycles. The highest BCUT2D eigenvalue weighted by Crippen LogP contribution is 2.14. The Labute approximate surface area is 159 Å². The third kappa shape index (κ3) is 4.29. The van der Waals surface area contributed by atoms with Gasteiger partial charge in [0.2, 0.25) is 5.91 Å². The number of para-hydroxylation sites is 1. The van der Waals surface area contributed by atoms with Crippen molar-refractivity contribution in [1.82, 2.24) is 14.5 Å². The number of carbonyl (C=O) groups is 1. The molecular formula is C19H18BrN3O3. The normalized spacial score (nSPS) is 10.7. The Kier molecular flexibility index (Phi) is 5.68. The number of benzene rings is 2. The molecule has 3 rings (SSSR count). The lowest BCUT2D eigenvalue weighted by Gasteiger charge is -2.18. The van der Waals surface area contributed by atoms with E-state index in [1.807, 2.05) is 36.4 Å². The third-order valence-corrected chi connectivity index (χ3v) is 4.45. The van der Waals surface area contributed by atoms with Gasteiger partial charge in [-0.15, -0.1) is 0 Å². The lowest BCUT2D eigenvalue weighted by atomic mass is 10.2. The molecule has 1 amide bonds. The van der Waals surface area contributed by atoms with Gasteiger partial charge < -0.3 is 9.64 Å². The predicted molar refractivity (Wildman–Crippen MR) is 103 cm³/mol. The molecule has 134 valence electrons. The van der Waals surface area contributed by atoms with Crippen molar-refractivity contribution in [3.8, 4) is 5.75 Å². The van der Waals surface area contributed by atoms with E-state index in [9.17, 15) is 9.59 Å². The van der Waals surface area contributed by atoms with Crippen molar-refractivity contribution in [2.24, 2.45) is 0 Å². The maximum atomic E-state index is 12.5. The van der Waals surface area contributed by atoms with E-state index >= 15 is 0 Å². The van der Waals surface area contributed by atoms with Gasteiger partial charge in [-0.3, -0.25) is 14.2 Å². The van der Waals surface area contributed by atoms with Crippen LogP contribution in [-0.4, -0.2) is 40.6 Å². The number of halogens is 1. The predicted octanol–water partition coefficient (Wildman–Crippen LogP) is 2.70. The topological polar surface area (TPSA) is 64.4 Å². The first-order valence-corrected chi connectivity index (χ1v) is 8.90. The second-order valence-corrected chi connectivity index (χ2v) is 6.73. The molecule has 0 atom stereocenters. The Morgan fingerprint density at radius 1 is 1.23 bits per heavy atom. The SMILES string of the molecule is CN(CCOc1ccccc1)C(=O)Cn1cnc2ccc(Br)cc2c1=O. The van der Waals surface area contributed by atoms with Crippen molar-refractivity contribution < 1.29 is 9.53 Å². The summed E-state index contributed by atoms with van der Waals surface area (Å²) >= 11 is 3.35. The minimum atomic E-state index is -0.237. The number of ether oxygens (including phenoxy) is 1. The molecule has 0 spiro atoms. The number of likely N-dealkylation sites (N-methyl/N-ethyl adjacent to an activating group) is 1. The molecule has 0 radical (unpaired) electrons. The highest BCUT2D eigenvalue weighted by molar-refractivity contribution is 9.10. The van der Waals surface area contributed by atoms with Gasteiger partial charge in [-0.2, -0.15) is 0 Å². The Hall–Kier alpha value is -2.67. The maximum Gasteiger partial charge on any atom is 0.261 e. The molecule has 26 heavy (non-hydrogen) atoms. The zero-order valence-electron chi connectivity index (χ0n) is 14.3. The molecule has 0 saturated carbocycles. The van der Waals surface area contributed by atoms with Crippen molar-refractivity contribution in [3.05, 3.63) is 69.7 Å². The summed E-state index contributed by atoms with van der Waals surface area (Å²) < 4.78 is 7.71. The molecule has 1 aromatic heterocycles. The van der Waals surface area contributed by atoms with Crippen LogP contribution in [-0.2, 0) is 11.3 Å². The van der Waals surface area contributed by atoms with Crippen LogP contribution in [0.1, 0.15) is 0 Å². The van der Waals surface area contributed by atoms with Crippen LogP contribution >= 0.6 is 15.9 Å². The highest BCUT2D eigenvalue weighted by Gasteiger charge is 2.12. The lowest BCUT2D eigenvalue weighted by molar-refractivity contribution is -0.130. The molecule has 0 fully saturated rings. The number of amides is 1. The zero-order valence-corrected chi connectivity index (χ0v) is 15.8. The molecule has 6 nitrogen and oxygen atoms in total. The Bertz CT molecular complexity index is 973. The van der Waals surface area contributed by atoms with Crippen LogP contribution in [0.3, 0.4) is 0 Å². The van der Waals surface area contributed by atoms with Crippen molar-refractivity contribution in [2.45, 2.75) is 6.54 Å². The first-order valence-electron chi connectivity index (χ1n) is 8.11. The smallest absolute Gasteiger partial charge is 0.261 e. The third-order valence-electron chi connectivity index (χ3n) is 3.96. The monoisotopic (exact) mass is 415 g/mol. The Balaban J connectivity index is 1.63. The molecule has 0 N–H and O–H groups in total. The quantitative estimate of drug-likeness (QED) is 0.620. The largest absolute Gasteiger partial charge is 0.492 e. The number of carbonyl (C=O) groups excluding carboxylic acids is 1. The number of rotatable bonds is 6. The first kappa shape index (κ1) is 18.1. The summed E-state index contributed by atoms with van der Waals surface area (Å²) in [5.74, 6) is 0.578. The molecule has 0 aliphatic carbocycles. The van der Waals surface area contributed by atoms with Crippen molar-refractivity contribution >= 4 is 32.7 Å². The van der Waals surface area contributed by atoms with Gasteiger partial charge >= 0.3 is 0 Å². The number of hydrogen-bond donors (Lipinski definition) is 0. The van der Waals surface area contributed by atoms with Crippen LogP contribution in [0.2, 0.25) is 0 Å². The van der Waals surface area contributed by atoms with Crippen molar-refractivity contribution in [3.63, 3.8) is 0 Å². The minimum absolute atomic E-state index is 0.0594. The van der Waals surface area contributed by atoms with Crippen molar-refractivity contribution in [2.75, 3.05) is 20.2 Å². The number of nitrogens with zero attached hydrogens (tertiary/aromatic N) is 3. The number of aromatic nitrogens is 2. The summed E-state index contributed by atoms with van der Waals surface area (Å²) in [6, 6.07) is 14.7. The van der Waals surface area contributed by atoms with E-state index in [1.165, 1.54) is 10.9 Å². The van der Waals surface area contributed by atoms with Gasteiger partial charge in [0.1, 0.15) is 18.9 Å². The summed E-state index contributed by atoms with van der Waals surface area (Å²) in [4.78, 5) is 30.7. The van der Waals surface area contributed by atoms with Crippen LogP contribution in [0.25, 0.3) is 10.9 Å². The van der Waals surface area contributed by atoms with E-state index in [0.717, 1.165) is 10.2 Å². The van der Waals surface area contributed by atoms with Crippen LogP contribution < -0.4 is 10.3 Å². The summed E-state index contributed by atoms with van der Waals surface area (Å²) in [5, 5.41) is 0.477. The average molecular weight is 416 g/mol. The van der Waals surface area contributed by atoms with Crippen LogP contribution in [0, 0.1) is 0 Å². The Morgan fingerprint density at radius 3 is 2.77 bits per heavy atom.